The van der Waals surface area contributed by atoms with Crippen LogP contribution in [0.2, 0.25) is 0 Å². The first-order valence-corrected chi connectivity index (χ1v) is 11.5. The third-order valence-electron chi connectivity index (χ3n) is 6.80. The Hall–Kier alpha value is -0.930. The lowest BCUT2D eigenvalue weighted by Gasteiger charge is -2.41. The summed E-state index contributed by atoms with van der Waals surface area (Å²) in [5, 5.41) is 0. The summed E-state index contributed by atoms with van der Waals surface area (Å²) in [6.45, 7) is 4.28. The van der Waals surface area contributed by atoms with Crippen molar-refractivity contribution in [3.05, 3.63) is 35.4 Å². The van der Waals surface area contributed by atoms with Crippen LogP contribution in [0, 0.1) is 17.0 Å². The quantitative estimate of drug-likeness (QED) is 0.826. The maximum atomic E-state index is 14.1. The molecule has 3 aliphatic rings. The molecule has 2 N–H and O–H groups in total. The van der Waals surface area contributed by atoms with E-state index in [9.17, 15) is 13.0 Å². The van der Waals surface area contributed by atoms with Crippen LogP contribution in [0.3, 0.4) is 0 Å². The average molecular weight is 414 g/mol. The Kier molecular flexibility index (Phi) is 5.86. The number of hydrogen-bond donors (Lipinski definition) is 1. The Balaban J connectivity index is 1.36. The number of halogens is 2. The van der Waals surface area contributed by atoms with E-state index in [1.807, 2.05) is 4.31 Å². The summed E-state index contributed by atoms with van der Waals surface area (Å²) >= 11 is 0. The summed E-state index contributed by atoms with van der Waals surface area (Å²) in [6.07, 6.45) is 5.13. The average Bonchev–Trinajstić information content (AvgIpc) is 3.08. The molecule has 0 saturated carbocycles. The second-order valence-electron chi connectivity index (χ2n) is 8.55. The number of ether oxygens (including phenoxy) is 1. The van der Waals surface area contributed by atoms with Gasteiger partial charge in [0.1, 0.15) is 17.7 Å². The molecule has 8 heteroatoms. The van der Waals surface area contributed by atoms with E-state index in [0.29, 0.717) is 18.4 Å². The van der Waals surface area contributed by atoms with Gasteiger partial charge in [0.05, 0.1) is 17.6 Å². The standard InChI is InChI=1S/C20H29F2N3O2S/c1-28(26)25-8-5-20(6-9-25)4-7-24(13-20)15-11-18(23)19(27-12-15)16-10-14(21)2-3-17(16)22/h2-3,10,15,18-19H,4-9,11-13,23H2,1H3. The molecule has 28 heavy (non-hydrogen) atoms. The lowest BCUT2D eigenvalue weighted by Crippen LogP contribution is -2.50. The van der Waals surface area contributed by atoms with Crippen molar-refractivity contribution in [2.24, 2.45) is 11.1 Å². The zero-order valence-electron chi connectivity index (χ0n) is 16.3. The van der Waals surface area contributed by atoms with E-state index in [4.69, 9.17) is 10.5 Å². The second-order valence-corrected chi connectivity index (χ2v) is 9.91. The van der Waals surface area contributed by atoms with E-state index in [1.165, 1.54) is 6.07 Å². The van der Waals surface area contributed by atoms with Crippen molar-refractivity contribution < 1.29 is 17.7 Å². The molecule has 0 aromatic heterocycles. The molecule has 4 unspecified atom stereocenters. The van der Waals surface area contributed by atoms with Gasteiger partial charge in [0.15, 0.2) is 0 Å². The predicted octanol–water partition coefficient (Wildman–Crippen LogP) is 2.20. The van der Waals surface area contributed by atoms with Crippen LogP contribution in [0.15, 0.2) is 18.2 Å². The predicted molar refractivity (Wildman–Crippen MR) is 105 cm³/mol. The van der Waals surface area contributed by atoms with Gasteiger partial charge in [-0.25, -0.2) is 17.3 Å². The van der Waals surface area contributed by atoms with Crippen molar-refractivity contribution in [1.82, 2.24) is 9.21 Å². The van der Waals surface area contributed by atoms with Gasteiger partial charge in [-0.3, -0.25) is 4.90 Å². The molecule has 1 spiro atoms. The van der Waals surface area contributed by atoms with Crippen LogP contribution >= 0.6 is 0 Å². The molecule has 4 rings (SSSR count). The summed E-state index contributed by atoms with van der Waals surface area (Å²) in [4.78, 5) is 2.45. The van der Waals surface area contributed by atoms with Gasteiger partial charge in [-0.2, -0.15) is 0 Å². The molecule has 0 amide bonds. The lowest BCUT2D eigenvalue weighted by molar-refractivity contribution is -0.0497. The number of benzene rings is 1. The van der Waals surface area contributed by atoms with E-state index in [0.717, 1.165) is 57.6 Å². The highest BCUT2D eigenvalue weighted by Crippen LogP contribution is 2.42. The smallest absolute Gasteiger partial charge is 0.129 e. The molecule has 0 bridgehead atoms. The summed E-state index contributed by atoms with van der Waals surface area (Å²) in [6, 6.07) is 3.28. The Morgan fingerprint density at radius 1 is 1.21 bits per heavy atom. The van der Waals surface area contributed by atoms with E-state index in [2.05, 4.69) is 4.90 Å². The van der Waals surface area contributed by atoms with Crippen LogP contribution in [0.5, 0.6) is 0 Å². The summed E-state index contributed by atoms with van der Waals surface area (Å²) in [7, 11) is -0.887. The minimum Gasteiger partial charge on any atom is -0.370 e. The second kappa shape index (κ2) is 8.07. The first kappa shape index (κ1) is 20.3. The highest BCUT2D eigenvalue weighted by Gasteiger charge is 2.44. The van der Waals surface area contributed by atoms with Crippen LogP contribution in [0.1, 0.15) is 37.4 Å². The van der Waals surface area contributed by atoms with Gasteiger partial charge in [0.25, 0.3) is 0 Å². The van der Waals surface area contributed by atoms with Crippen molar-refractivity contribution in [2.75, 3.05) is 39.0 Å². The maximum absolute atomic E-state index is 14.1. The summed E-state index contributed by atoms with van der Waals surface area (Å²) in [5.74, 6) is -0.948. The number of nitrogens with two attached hydrogens (primary N) is 1. The highest BCUT2D eigenvalue weighted by molar-refractivity contribution is 7.81. The lowest BCUT2D eigenvalue weighted by atomic mass is 9.78. The largest absolute Gasteiger partial charge is 0.370 e. The van der Waals surface area contributed by atoms with Gasteiger partial charge in [0, 0.05) is 43.5 Å². The molecule has 0 radical (unpaired) electrons. The topological polar surface area (TPSA) is 58.8 Å². The Bertz CT molecular complexity index is 742. The highest BCUT2D eigenvalue weighted by atomic mass is 32.2. The molecule has 3 fully saturated rings. The van der Waals surface area contributed by atoms with Crippen molar-refractivity contribution >= 4 is 11.0 Å². The maximum Gasteiger partial charge on any atom is 0.129 e. The molecule has 4 atom stereocenters. The zero-order valence-corrected chi connectivity index (χ0v) is 17.1. The first-order valence-electron chi connectivity index (χ1n) is 10.0. The third-order valence-corrected chi connectivity index (χ3v) is 7.89. The molecule has 1 aromatic carbocycles. The molecule has 1 aromatic rings. The minimum absolute atomic E-state index is 0.209. The van der Waals surface area contributed by atoms with E-state index >= 15 is 0 Å². The number of rotatable bonds is 3. The number of hydrogen-bond acceptors (Lipinski definition) is 4. The van der Waals surface area contributed by atoms with Gasteiger partial charge >= 0.3 is 0 Å². The van der Waals surface area contributed by atoms with Crippen LogP contribution < -0.4 is 5.73 Å². The molecule has 3 aliphatic heterocycles. The third kappa shape index (κ3) is 4.03. The summed E-state index contributed by atoms with van der Waals surface area (Å²) in [5.41, 5.74) is 6.84. The Labute approximate surface area is 167 Å². The number of likely N-dealkylation sites (tertiary alicyclic amines) is 1. The van der Waals surface area contributed by atoms with Gasteiger partial charge in [0.2, 0.25) is 0 Å². The van der Waals surface area contributed by atoms with Crippen LogP contribution in [0.4, 0.5) is 8.78 Å². The normalized spacial score (nSPS) is 32.6. The van der Waals surface area contributed by atoms with Crippen LogP contribution in [-0.2, 0) is 15.7 Å². The SMILES string of the molecule is CS(=O)N1CCC2(CCN(C3COC(c4cc(F)ccc4F)C(N)C3)C2)CC1. The minimum atomic E-state index is -0.887. The molecular formula is C20H29F2N3O2S. The van der Waals surface area contributed by atoms with Gasteiger partial charge < -0.3 is 10.5 Å². The first-order chi connectivity index (χ1) is 13.4. The zero-order chi connectivity index (χ0) is 19.9. The molecule has 3 heterocycles. The van der Waals surface area contributed by atoms with Gasteiger partial charge in [-0.05, 0) is 55.8 Å². The van der Waals surface area contributed by atoms with E-state index < -0.39 is 28.7 Å². The van der Waals surface area contributed by atoms with Crippen molar-refractivity contribution in [2.45, 2.75) is 43.9 Å². The molecule has 156 valence electrons. The van der Waals surface area contributed by atoms with Gasteiger partial charge in [-0.15, -0.1) is 0 Å². The number of piperidine rings is 1. The number of nitrogens with zero attached hydrogens (tertiary/aromatic N) is 2. The van der Waals surface area contributed by atoms with E-state index in [1.54, 1.807) is 6.26 Å². The molecule has 5 nitrogen and oxygen atoms in total. The monoisotopic (exact) mass is 413 g/mol. The van der Waals surface area contributed by atoms with Crippen LogP contribution in [0.25, 0.3) is 0 Å². The van der Waals surface area contributed by atoms with E-state index in [-0.39, 0.29) is 17.6 Å². The fourth-order valence-corrected chi connectivity index (χ4v) is 5.76. The molecule has 3 saturated heterocycles. The fraction of sp³-hybridized carbons (Fsp3) is 0.700. The molecular weight excluding hydrogens is 384 g/mol. The summed E-state index contributed by atoms with van der Waals surface area (Å²) < 4.78 is 47.3. The fourth-order valence-electron chi connectivity index (χ4n) is 5.06. The Morgan fingerprint density at radius 3 is 2.61 bits per heavy atom. The van der Waals surface area contributed by atoms with Crippen molar-refractivity contribution in [3.8, 4) is 0 Å². The Morgan fingerprint density at radius 2 is 1.93 bits per heavy atom. The van der Waals surface area contributed by atoms with Crippen LogP contribution in [-0.4, -0.2) is 64.5 Å². The van der Waals surface area contributed by atoms with Crippen molar-refractivity contribution in [3.63, 3.8) is 0 Å². The van der Waals surface area contributed by atoms with Gasteiger partial charge in [-0.1, -0.05) is 0 Å². The molecule has 0 aliphatic carbocycles. The van der Waals surface area contributed by atoms with Crippen molar-refractivity contribution in [1.29, 1.82) is 0 Å².